The molecule has 0 bridgehead atoms. The molecule has 22 heavy (non-hydrogen) atoms. The Balaban J connectivity index is 2.66. The van der Waals surface area contributed by atoms with E-state index >= 15 is 0 Å². The number of likely N-dealkylation sites (N-methyl/N-ethyl adjacent to an activating group) is 1. The van der Waals surface area contributed by atoms with E-state index in [0.29, 0.717) is 5.75 Å². The van der Waals surface area contributed by atoms with Gasteiger partial charge in [0.1, 0.15) is 17.5 Å². The van der Waals surface area contributed by atoms with Crippen molar-refractivity contribution in [3.05, 3.63) is 33.9 Å². The number of hydrogen-bond acceptors (Lipinski definition) is 6. The van der Waals surface area contributed by atoms with Gasteiger partial charge in [0.05, 0.1) is 17.2 Å². The molecule has 0 fully saturated rings. The number of hydrogen-bond donors (Lipinski definition) is 1. The van der Waals surface area contributed by atoms with Crippen LogP contribution in [0.1, 0.15) is 25.5 Å². The molecular weight excluding hydrogens is 312 g/mol. The molecule has 2 rings (SSSR count). The number of benzene rings is 1. The van der Waals surface area contributed by atoms with Gasteiger partial charge in [0.15, 0.2) is 0 Å². The molecule has 0 amide bonds. The van der Waals surface area contributed by atoms with E-state index in [-0.39, 0.29) is 11.3 Å². The van der Waals surface area contributed by atoms with E-state index in [9.17, 15) is 23.6 Å². The van der Waals surface area contributed by atoms with Crippen molar-refractivity contribution in [1.82, 2.24) is 4.31 Å². The molecule has 1 heterocycles. The van der Waals surface area contributed by atoms with Gasteiger partial charge < -0.3 is 9.84 Å². The highest BCUT2D eigenvalue weighted by Crippen LogP contribution is 2.44. The highest BCUT2D eigenvalue weighted by Gasteiger charge is 2.47. The molecule has 2 atom stereocenters. The molecule has 1 aliphatic heterocycles. The fourth-order valence-electron chi connectivity index (χ4n) is 2.47. The van der Waals surface area contributed by atoms with E-state index in [1.165, 1.54) is 25.2 Å². The van der Waals surface area contributed by atoms with Crippen LogP contribution in [0.4, 0.5) is 5.69 Å². The summed E-state index contributed by atoms with van der Waals surface area (Å²) in [7, 11) is -2.29. The van der Waals surface area contributed by atoms with Gasteiger partial charge in [-0.2, -0.15) is 4.31 Å². The molecule has 1 aromatic rings. The van der Waals surface area contributed by atoms with Crippen molar-refractivity contribution in [1.29, 1.82) is 0 Å². The Morgan fingerprint density at radius 1 is 1.41 bits per heavy atom. The maximum absolute atomic E-state index is 11.9. The predicted octanol–water partition coefficient (Wildman–Crippen LogP) is 1.06. The largest absolute Gasteiger partial charge is 0.485 e. The summed E-state index contributed by atoms with van der Waals surface area (Å²) in [6.07, 6.45) is -0.166. The zero-order valence-corrected chi connectivity index (χ0v) is 13.5. The minimum absolute atomic E-state index is 0.193. The molecule has 0 radical (unpaired) electrons. The summed E-state index contributed by atoms with van der Waals surface area (Å²) in [6.45, 7) is 3.26. The molecule has 8 nitrogen and oxygen atoms in total. The Hall–Kier alpha value is -1.71. The lowest BCUT2D eigenvalue weighted by atomic mass is 9.86. The van der Waals surface area contributed by atoms with Crippen LogP contribution in [0.2, 0.25) is 0 Å². The molecule has 1 N–H and O–H groups in total. The van der Waals surface area contributed by atoms with Gasteiger partial charge in [-0.1, -0.05) is 0 Å². The molecular formula is C13H18N2O6S. The molecule has 0 saturated carbocycles. The second-order valence-electron chi connectivity index (χ2n) is 5.85. The topological polar surface area (TPSA) is 110 Å². The van der Waals surface area contributed by atoms with E-state index in [1.807, 2.05) is 0 Å². The third kappa shape index (κ3) is 2.79. The van der Waals surface area contributed by atoms with E-state index < -0.39 is 32.7 Å². The van der Waals surface area contributed by atoms with Crippen LogP contribution >= 0.6 is 0 Å². The molecule has 0 spiro atoms. The first-order valence-electron chi connectivity index (χ1n) is 6.53. The van der Waals surface area contributed by atoms with Gasteiger partial charge in [0.2, 0.25) is 10.0 Å². The molecule has 0 unspecified atom stereocenters. The van der Waals surface area contributed by atoms with Gasteiger partial charge in [-0.25, -0.2) is 8.42 Å². The SMILES string of the molecule is CN([C@H]1c2cc([N+](=O)[O-])ccc2OC(C)(C)[C@@H]1O)S(C)(=O)=O. The Bertz CT molecular complexity index is 715. The van der Waals surface area contributed by atoms with Gasteiger partial charge in [0.25, 0.3) is 5.69 Å². The lowest BCUT2D eigenvalue weighted by Gasteiger charge is -2.44. The van der Waals surface area contributed by atoms with E-state index in [0.717, 1.165) is 10.6 Å². The number of ether oxygens (including phenoxy) is 1. The maximum Gasteiger partial charge on any atom is 0.270 e. The van der Waals surface area contributed by atoms with Crippen LogP contribution in [0.3, 0.4) is 0 Å². The standard InChI is InChI=1S/C13H18N2O6S/c1-13(2)12(16)11(14(3)22(4,19)20)9-7-8(15(17)18)5-6-10(9)21-13/h5-7,11-12,16H,1-4H3/t11-,12+/m0/s1. The Morgan fingerprint density at radius 2 is 2.00 bits per heavy atom. The monoisotopic (exact) mass is 330 g/mol. The van der Waals surface area contributed by atoms with Crippen LogP contribution in [-0.2, 0) is 10.0 Å². The van der Waals surface area contributed by atoms with Crippen LogP contribution in [0.5, 0.6) is 5.75 Å². The number of fused-ring (bicyclic) bond motifs is 1. The number of nitrogens with zero attached hydrogens (tertiary/aromatic N) is 2. The molecule has 0 aromatic heterocycles. The molecule has 0 aliphatic carbocycles. The van der Waals surface area contributed by atoms with Crippen LogP contribution in [0.15, 0.2) is 18.2 Å². The summed E-state index contributed by atoms with van der Waals surface area (Å²) < 4.78 is 30.4. The Labute approximate surface area is 128 Å². The van der Waals surface area contributed by atoms with E-state index in [2.05, 4.69) is 0 Å². The number of nitro groups is 1. The van der Waals surface area contributed by atoms with Gasteiger partial charge in [-0.05, 0) is 19.9 Å². The molecule has 9 heteroatoms. The zero-order chi connectivity index (χ0) is 16.9. The summed E-state index contributed by atoms with van der Waals surface area (Å²) >= 11 is 0. The fourth-order valence-corrected chi connectivity index (χ4v) is 3.11. The molecule has 122 valence electrons. The number of sulfonamides is 1. The minimum Gasteiger partial charge on any atom is -0.485 e. The van der Waals surface area contributed by atoms with Crippen LogP contribution in [-0.4, -0.2) is 47.8 Å². The minimum atomic E-state index is -3.61. The van der Waals surface area contributed by atoms with E-state index in [1.54, 1.807) is 13.8 Å². The average molecular weight is 330 g/mol. The van der Waals surface area contributed by atoms with Gasteiger partial charge in [-0.3, -0.25) is 10.1 Å². The van der Waals surface area contributed by atoms with Crippen molar-refractivity contribution >= 4 is 15.7 Å². The van der Waals surface area contributed by atoms with Crippen molar-refractivity contribution in [2.75, 3.05) is 13.3 Å². The lowest BCUT2D eigenvalue weighted by molar-refractivity contribution is -0.385. The highest BCUT2D eigenvalue weighted by molar-refractivity contribution is 7.88. The van der Waals surface area contributed by atoms with E-state index in [4.69, 9.17) is 4.74 Å². The fraction of sp³-hybridized carbons (Fsp3) is 0.538. The van der Waals surface area contributed by atoms with Gasteiger partial charge in [-0.15, -0.1) is 0 Å². The lowest BCUT2D eigenvalue weighted by Crippen LogP contribution is -2.53. The van der Waals surface area contributed by atoms with Gasteiger partial charge >= 0.3 is 0 Å². The summed E-state index contributed by atoms with van der Waals surface area (Å²) in [5.41, 5.74) is -0.956. The number of rotatable bonds is 3. The number of non-ortho nitro benzene ring substituents is 1. The number of aliphatic hydroxyl groups excluding tert-OH is 1. The Morgan fingerprint density at radius 3 is 2.50 bits per heavy atom. The summed E-state index contributed by atoms with van der Waals surface area (Å²) in [5, 5.41) is 21.4. The molecule has 0 saturated heterocycles. The smallest absolute Gasteiger partial charge is 0.270 e. The summed E-state index contributed by atoms with van der Waals surface area (Å²) in [6, 6.07) is 2.97. The first kappa shape index (κ1) is 16.7. The van der Waals surface area contributed by atoms with Crippen molar-refractivity contribution in [2.24, 2.45) is 0 Å². The first-order chi connectivity index (χ1) is 9.95. The molecule has 1 aromatic carbocycles. The number of nitro benzene ring substituents is 1. The Kier molecular flexibility index (Phi) is 3.92. The van der Waals surface area contributed by atoms with Crippen molar-refractivity contribution < 1.29 is 23.2 Å². The van der Waals surface area contributed by atoms with Crippen molar-refractivity contribution in [3.63, 3.8) is 0 Å². The van der Waals surface area contributed by atoms with Crippen molar-refractivity contribution in [3.8, 4) is 5.75 Å². The third-order valence-corrected chi connectivity index (χ3v) is 5.10. The van der Waals surface area contributed by atoms with Crippen LogP contribution in [0, 0.1) is 10.1 Å². The second kappa shape index (κ2) is 5.18. The van der Waals surface area contributed by atoms with Crippen molar-refractivity contribution in [2.45, 2.75) is 31.6 Å². The first-order valence-corrected chi connectivity index (χ1v) is 8.38. The number of aliphatic hydroxyl groups is 1. The quantitative estimate of drug-likeness (QED) is 0.655. The van der Waals surface area contributed by atoms with Crippen LogP contribution in [0.25, 0.3) is 0 Å². The summed E-state index contributed by atoms with van der Waals surface area (Å²) in [5.74, 6) is 0.321. The highest BCUT2D eigenvalue weighted by atomic mass is 32.2. The second-order valence-corrected chi connectivity index (χ2v) is 7.90. The average Bonchev–Trinajstić information content (AvgIpc) is 2.37. The third-order valence-electron chi connectivity index (χ3n) is 3.82. The molecule has 1 aliphatic rings. The summed E-state index contributed by atoms with van der Waals surface area (Å²) in [4.78, 5) is 10.4. The maximum atomic E-state index is 11.9. The zero-order valence-electron chi connectivity index (χ0n) is 12.7. The van der Waals surface area contributed by atoms with Gasteiger partial charge in [0, 0.05) is 24.7 Å². The van der Waals surface area contributed by atoms with Crippen LogP contribution < -0.4 is 4.74 Å². The normalized spacial score (nSPS) is 23.7. The predicted molar refractivity (Wildman–Crippen MR) is 79.2 cm³/mol.